The second kappa shape index (κ2) is 4.99. The van der Waals surface area contributed by atoms with Crippen molar-refractivity contribution in [1.82, 2.24) is 0 Å². The number of halogens is 6. The molecule has 1 heterocycles. The van der Waals surface area contributed by atoms with Crippen molar-refractivity contribution in [3.8, 4) is 0 Å². The van der Waals surface area contributed by atoms with Crippen LogP contribution in [0.2, 0.25) is 15.1 Å². The minimum atomic E-state index is -4.16. The molecule has 0 radical (unpaired) electrons. The monoisotopic (exact) mass is 317 g/mol. The molecular formula is C11H9Cl3F3N. The predicted molar refractivity (Wildman–Crippen MR) is 67.8 cm³/mol. The van der Waals surface area contributed by atoms with Gasteiger partial charge in [0, 0.05) is 18.8 Å². The van der Waals surface area contributed by atoms with E-state index in [0.29, 0.717) is 12.2 Å². The van der Waals surface area contributed by atoms with Crippen molar-refractivity contribution in [2.24, 2.45) is 5.92 Å². The van der Waals surface area contributed by atoms with E-state index in [1.165, 1.54) is 12.1 Å². The summed E-state index contributed by atoms with van der Waals surface area (Å²) in [4.78, 5) is 1.62. The number of hydrogen-bond acceptors (Lipinski definition) is 1. The topological polar surface area (TPSA) is 3.24 Å². The first-order chi connectivity index (χ1) is 8.29. The Kier molecular flexibility index (Phi) is 3.90. The fourth-order valence-electron chi connectivity index (χ4n) is 1.99. The predicted octanol–water partition coefficient (Wildman–Crippen LogP) is 5.04. The average Bonchev–Trinajstić information content (AvgIpc) is 2.73. The summed E-state index contributed by atoms with van der Waals surface area (Å²) < 4.78 is 37.7. The third-order valence-electron chi connectivity index (χ3n) is 2.98. The molecule has 1 unspecified atom stereocenters. The highest BCUT2D eigenvalue weighted by Crippen LogP contribution is 2.39. The minimum absolute atomic E-state index is 0.0716. The van der Waals surface area contributed by atoms with Crippen LogP contribution in [0.3, 0.4) is 0 Å². The van der Waals surface area contributed by atoms with Crippen LogP contribution in [0.1, 0.15) is 6.42 Å². The smallest absolute Gasteiger partial charge is 0.371 e. The van der Waals surface area contributed by atoms with Gasteiger partial charge in [0.25, 0.3) is 0 Å². The molecule has 1 fully saturated rings. The van der Waals surface area contributed by atoms with E-state index in [1.54, 1.807) is 4.90 Å². The molecule has 0 aliphatic carbocycles. The second-order valence-corrected chi connectivity index (χ2v) is 5.39. The molecule has 0 N–H and O–H groups in total. The lowest BCUT2D eigenvalue weighted by molar-refractivity contribution is -0.168. The third kappa shape index (κ3) is 2.81. The molecule has 1 aliphatic heterocycles. The Morgan fingerprint density at radius 2 is 1.67 bits per heavy atom. The molecule has 0 aromatic heterocycles. The molecule has 100 valence electrons. The van der Waals surface area contributed by atoms with Crippen molar-refractivity contribution in [2.45, 2.75) is 12.6 Å². The van der Waals surface area contributed by atoms with Crippen LogP contribution in [-0.4, -0.2) is 19.3 Å². The van der Waals surface area contributed by atoms with Crippen molar-refractivity contribution in [3.05, 3.63) is 27.2 Å². The molecule has 7 heteroatoms. The Balaban J connectivity index is 2.20. The maximum atomic E-state index is 12.6. The van der Waals surface area contributed by atoms with Gasteiger partial charge in [-0.15, -0.1) is 0 Å². The first kappa shape index (κ1) is 14.1. The molecule has 1 saturated heterocycles. The highest BCUT2D eigenvalue weighted by molar-refractivity contribution is 6.48. The largest absolute Gasteiger partial charge is 0.393 e. The van der Waals surface area contributed by atoms with Gasteiger partial charge in [-0.3, -0.25) is 0 Å². The van der Waals surface area contributed by atoms with Crippen LogP contribution in [0.5, 0.6) is 0 Å². The molecule has 0 bridgehead atoms. The summed E-state index contributed by atoms with van der Waals surface area (Å²) in [5.41, 5.74) is 0.571. The normalized spacial score (nSPS) is 20.6. The van der Waals surface area contributed by atoms with Gasteiger partial charge in [0.2, 0.25) is 0 Å². The van der Waals surface area contributed by atoms with Crippen LogP contribution in [0.4, 0.5) is 18.9 Å². The van der Waals surface area contributed by atoms with Crippen LogP contribution in [-0.2, 0) is 0 Å². The van der Waals surface area contributed by atoms with Crippen molar-refractivity contribution in [1.29, 1.82) is 0 Å². The Hall–Kier alpha value is -0.320. The second-order valence-electron chi connectivity index (χ2n) is 4.20. The fourth-order valence-corrected chi connectivity index (χ4v) is 2.57. The Bertz CT molecular complexity index is 438. The number of hydrogen-bond donors (Lipinski definition) is 0. The van der Waals surface area contributed by atoms with E-state index >= 15 is 0 Å². The van der Waals surface area contributed by atoms with Crippen molar-refractivity contribution >= 4 is 40.5 Å². The number of benzene rings is 1. The molecule has 1 aromatic rings. The zero-order chi connectivity index (χ0) is 13.5. The van der Waals surface area contributed by atoms with Crippen LogP contribution >= 0.6 is 34.8 Å². The zero-order valence-corrected chi connectivity index (χ0v) is 11.3. The SMILES string of the molecule is FC(F)(F)C1CCN(c2cc(Cl)c(Cl)c(Cl)c2)C1. The third-order valence-corrected chi connectivity index (χ3v) is 4.18. The van der Waals surface area contributed by atoms with Crippen LogP contribution < -0.4 is 4.90 Å². The quantitative estimate of drug-likeness (QED) is 0.656. The molecule has 18 heavy (non-hydrogen) atoms. The number of anilines is 1. The van der Waals surface area contributed by atoms with Crippen LogP contribution in [0.15, 0.2) is 12.1 Å². The van der Waals surface area contributed by atoms with Crippen LogP contribution in [0, 0.1) is 5.92 Å². The Morgan fingerprint density at radius 3 is 2.11 bits per heavy atom. The lowest BCUT2D eigenvalue weighted by Crippen LogP contribution is -2.27. The van der Waals surface area contributed by atoms with Gasteiger partial charge in [-0.2, -0.15) is 13.2 Å². The highest BCUT2D eigenvalue weighted by Gasteiger charge is 2.43. The van der Waals surface area contributed by atoms with Gasteiger partial charge in [-0.1, -0.05) is 34.8 Å². The maximum absolute atomic E-state index is 12.6. The van der Waals surface area contributed by atoms with E-state index in [-0.39, 0.29) is 28.0 Å². The molecular weight excluding hydrogens is 309 g/mol. The van der Waals surface area contributed by atoms with E-state index in [4.69, 9.17) is 34.8 Å². The first-order valence-corrected chi connectivity index (χ1v) is 6.38. The van der Waals surface area contributed by atoms with Gasteiger partial charge in [0.1, 0.15) is 0 Å². The molecule has 0 spiro atoms. The fraction of sp³-hybridized carbons (Fsp3) is 0.455. The van der Waals surface area contributed by atoms with Gasteiger partial charge in [-0.05, 0) is 18.6 Å². The molecule has 2 rings (SSSR count). The highest BCUT2D eigenvalue weighted by atomic mass is 35.5. The van der Waals surface area contributed by atoms with Gasteiger partial charge in [0.15, 0.2) is 0 Å². The lowest BCUT2D eigenvalue weighted by atomic mass is 10.1. The average molecular weight is 319 g/mol. The minimum Gasteiger partial charge on any atom is -0.371 e. The first-order valence-electron chi connectivity index (χ1n) is 5.25. The maximum Gasteiger partial charge on any atom is 0.393 e. The molecule has 1 aromatic carbocycles. The van der Waals surface area contributed by atoms with Gasteiger partial charge < -0.3 is 4.90 Å². The van der Waals surface area contributed by atoms with Gasteiger partial charge >= 0.3 is 6.18 Å². The van der Waals surface area contributed by atoms with Crippen molar-refractivity contribution in [2.75, 3.05) is 18.0 Å². The summed E-state index contributed by atoms with van der Waals surface area (Å²) >= 11 is 17.5. The van der Waals surface area contributed by atoms with E-state index < -0.39 is 12.1 Å². The van der Waals surface area contributed by atoms with E-state index in [2.05, 4.69) is 0 Å². The van der Waals surface area contributed by atoms with Crippen molar-refractivity contribution < 1.29 is 13.2 Å². The Labute approximate surface area is 117 Å². The van der Waals surface area contributed by atoms with Crippen LogP contribution in [0.25, 0.3) is 0 Å². The number of alkyl halides is 3. The summed E-state index contributed by atoms with van der Waals surface area (Å²) in [5.74, 6) is -1.30. The van der Waals surface area contributed by atoms with E-state index in [1.807, 2.05) is 0 Å². The molecule has 1 aliphatic rings. The van der Waals surface area contributed by atoms with E-state index in [9.17, 15) is 13.2 Å². The molecule has 1 nitrogen and oxygen atoms in total. The zero-order valence-electron chi connectivity index (χ0n) is 9.07. The molecule has 1 atom stereocenters. The summed E-state index contributed by atoms with van der Waals surface area (Å²) in [6, 6.07) is 3.07. The Morgan fingerprint density at radius 1 is 1.11 bits per heavy atom. The van der Waals surface area contributed by atoms with Crippen molar-refractivity contribution in [3.63, 3.8) is 0 Å². The molecule has 0 saturated carbocycles. The lowest BCUT2D eigenvalue weighted by Gasteiger charge is -2.20. The molecule has 0 amide bonds. The van der Waals surface area contributed by atoms with Gasteiger partial charge in [0.05, 0.1) is 21.0 Å². The number of nitrogens with zero attached hydrogens (tertiary/aromatic N) is 1. The van der Waals surface area contributed by atoms with Gasteiger partial charge in [-0.25, -0.2) is 0 Å². The summed E-state index contributed by atoms with van der Waals surface area (Å²) in [7, 11) is 0. The summed E-state index contributed by atoms with van der Waals surface area (Å²) in [5, 5.41) is 0.706. The number of rotatable bonds is 1. The summed E-state index contributed by atoms with van der Waals surface area (Å²) in [6.45, 7) is 0.260. The summed E-state index contributed by atoms with van der Waals surface area (Å²) in [6.07, 6.45) is -4.07. The standard InChI is InChI=1S/C11H9Cl3F3N/c12-8-3-7(4-9(13)10(8)14)18-2-1-6(5-18)11(15,16)17/h3-4,6H,1-2,5H2. The van der Waals surface area contributed by atoms with E-state index in [0.717, 1.165) is 0 Å².